The lowest BCUT2D eigenvalue weighted by atomic mass is 9.42. The van der Waals surface area contributed by atoms with E-state index in [0.29, 0.717) is 10.8 Å². The van der Waals surface area contributed by atoms with Crippen LogP contribution in [0, 0.1) is 18.8 Å². The summed E-state index contributed by atoms with van der Waals surface area (Å²) in [6.45, 7) is 2.20. The molecule has 4 bridgehead atoms. The van der Waals surface area contributed by atoms with Crippen LogP contribution in [-0.2, 0) is 10.8 Å². The molecule has 4 saturated carbocycles. The van der Waals surface area contributed by atoms with E-state index >= 15 is 0 Å². The number of aromatic amines is 1. The second-order valence-corrected chi connectivity index (χ2v) is 9.66. The summed E-state index contributed by atoms with van der Waals surface area (Å²) >= 11 is 0. The van der Waals surface area contributed by atoms with E-state index in [4.69, 9.17) is 0 Å². The highest BCUT2D eigenvalue weighted by molar-refractivity contribution is 5.80. The molecule has 1 nitrogen and oxygen atoms in total. The van der Waals surface area contributed by atoms with Gasteiger partial charge in [0.2, 0.25) is 0 Å². The summed E-state index contributed by atoms with van der Waals surface area (Å²) in [6.07, 6.45) is 8.41. The van der Waals surface area contributed by atoms with Crippen molar-refractivity contribution < 1.29 is 0 Å². The van der Waals surface area contributed by atoms with Crippen molar-refractivity contribution in [2.45, 2.75) is 56.3 Å². The molecule has 0 spiro atoms. The van der Waals surface area contributed by atoms with Crippen LogP contribution in [0.5, 0.6) is 0 Å². The molecule has 7 rings (SSSR count). The van der Waals surface area contributed by atoms with Crippen molar-refractivity contribution >= 4 is 10.9 Å². The quantitative estimate of drug-likeness (QED) is 0.566. The van der Waals surface area contributed by atoms with Crippen molar-refractivity contribution in [1.29, 1.82) is 0 Å². The Kier molecular flexibility index (Phi) is 2.92. The molecule has 132 valence electrons. The summed E-state index contributed by atoms with van der Waals surface area (Å²) in [5.74, 6) is 1.81. The minimum absolute atomic E-state index is 0.369. The first-order valence-electron chi connectivity index (χ1n) is 10.3. The van der Waals surface area contributed by atoms with Crippen LogP contribution in [0.25, 0.3) is 10.9 Å². The third-order valence-electron chi connectivity index (χ3n) is 7.83. The van der Waals surface area contributed by atoms with E-state index in [1.165, 1.54) is 60.7 Å². The Bertz CT molecular complexity index is 930. The lowest BCUT2D eigenvalue weighted by molar-refractivity contribution is -0.0296. The van der Waals surface area contributed by atoms with Crippen molar-refractivity contribution in [3.05, 3.63) is 71.4 Å². The average molecular weight is 341 g/mol. The fourth-order valence-corrected chi connectivity index (χ4v) is 7.18. The van der Waals surface area contributed by atoms with Gasteiger partial charge < -0.3 is 4.98 Å². The van der Waals surface area contributed by atoms with Crippen LogP contribution < -0.4 is 0 Å². The highest BCUT2D eigenvalue weighted by atomic mass is 14.8. The zero-order valence-electron chi connectivity index (χ0n) is 15.6. The van der Waals surface area contributed by atoms with Crippen molar-refractivity contribution in [2.75, 3.05) is 0 Å². The number of hydrogen-bond acceptors (Lipinski definition) is 0. The monoisotopic (exact) mass is 341 g/mol. The molecule has 4 aliphatic carbocycles. The zero-order valence-corrected chi connectivity index (χ0v) is 15.6. The molecule has 4 aliphatic rings. The molecule has 1 heterocycles. The number of rotatable bonds is 2. The van der Waals surface area contributed by atoms with Crippen LogP contribution in [0.4, 0.5) is 0 Å². The van der Waals surface area contributed by atoms with Gasteiger partial charge >= 0.3 is 0 Å². The largest absolute Gasteiger partial charge is 0.358 e. The third kappa shape index (κ3) is 2.03. The van der Waals surface area contributed by atoms with Crippen LogP contribution >= 0.6 is 0 Å². The van der Waals surface area contributed by atoms with Gasteiger partial charge in [0.05, 0.1) is 0 Å². The maximum absolute atomic E-state index is 3.83. The maximum Gasteiger partial charge on any atom is 0.0456 e. The number of aromatic nitrogens is 1. The molecule has 0 saturated heterocycles. The molecule has 0 amide bonds. The van der Waals surface area contributed by atoms with E-state index in [2.05, 4.69) is 66.5 Å². The number of benzene rings is 2. The number of hydrogen-bond donors (Lipinski definition) is 1. The Balaban J connectivity index is 1.48. The van der Waals surface area contributed by atoms with Crippen molar-refractivity contribution in [1.82, 2.24) is 4.98 Å². The van der Waals surface area contributed by atoms with Crippen molar-refractivity contribution in [3.8, 4) is 0 Å². The molecule has 0 radical (unpaired) electrons. The van der Waals surface area contributed by atoms with Gasteiger partial charge in [-0.3, -0.25) is 0 Å². The first kappa shape index (κ1) is 15.1. The minimum Gasteiger partial charge on any atom is -0.358 e. The zero-order chi connectivity index (χ0) is 17.4. The van der Waals surface area contributed by atoms with E-state index in [9.17, 15) is 0 Å². The summed E-state index contributed by atoms with van der Waals surface area (Å²) in [5.41, 5.74) is 6.59. The van der Waals surface area contributed by atoms with Gasteiger partial charge in [0.15, 0.2) is 0 Å². The molecule has 26 heavy (non-hydrogen) atoms. The first-order chi connectivity index (χ1) is 12.6. The van der Waals surface area contributed by atoms with E-state index in [1.807, 2.05) is 0 Å². The molecule has 0 aliphatic heterocycles. The van der Waals surface area contributed by atoms with Crippen LogP contribution in [0.1, 0.15) is 55.3 Å². The van der Waals surface area contributed by atoms with Crippen molar-refractivity contribution in [3.63, 3.8) is 0 Å². The van der Waals surface area contributed by atoms with Crippen LogP contribution in [0.3, 0.4) is 0 Å². The topological polar surface area (TPSA) is 15.8 Å². The number of para-hydroxylation sites is 1. The van der Waals surface area contributed by atoms with E-state index < -0.39 is 0 Å². The summed E-state index contributed by atoms with van der Waals surface area (Å²) in [7, 11) is 0. The molecule has 1 N–H and O–H groups in total. The Morgan fingerprint density at radius 2 is 1.54 bits per heavy atom. The van der Waals surface area contributed by atoms with Gasteiger partial charge in [0.25, 0.3) is 0 Å². The predicted octanol–water partition coefficient (Wildman–Crippen LogP) is 6.27. The maximum atomic E-state index is 3.83. The van der Waals surface area contributed by atoms with Crippen LogP contribution in [0.15, 0.2) is 54.6 Å². The van der Waals surface area contributed by atoms with Crippen molar-refractivity contribution in [2.24, 2.45) is 11.8 Å². The summed E-state index contributed by atoms with van der Waals surface area (Å²) in [6, 6.07) is 20.8. The Morgan fingerprint density at radius 3 is 2.27 bits per heavy atom. The van der Waals surface area contributed by atoms with Gasteiger partial charge in [-0.15, -0.1) is 0 Å². The minimum atomic E-state index is 0.369. The highest BCUT2D eigenvalue weighted by Gasteiger charge is 2.59. The summed E-state index contributed by atoms with van der Waals surface area (Å²) in [5, 5.41) is 1.38. The second kappa shape index (κ2) is 5.03. The van der Waals surface area contributed by atoms with Gasteiger partial charge in [-0.05, 0) is 85.8 Å². The Labute approximate surface area is 155 Å². The lowest BCUT2D eigenvalue weighted by Crippen LogP contribution is -2.56. The number of nitrogens with one attached hydrogen (secondary N) is 1. The second-order valence-electron chi connectivity index (χ2n) is 9.66. The molecule has 2 unspecified atom stereocenters. The molecule has 2 aromatic carbocycles. The van der Waals surface area contributed by atoms with E-state index in [0.717, 1.165) is 11.8 Å². The normalized spacial score (nSPS) is 35.3. The van der Waals surface area contributed by atoms with Crippen LogP contribution in [0.2, 0.25) is 0 Å². The Morgan fingerprint density at radius 1 is 0.846 bits per heavy atom. The fraction of sp³-hybridized carbons (Fsp3) is 0.440. The number of aryl methyl sites for hydroxylation is 1. The van der Waals surface area contributed by atoms with Gasteiger partial charge in [-0.2, -0.15) is 0 Å². The molecule has 3 aromatic rings. The summed E-state index contributed by atoms with van der Waals surface area (Å²) in [4.78, 5) is 3.83. The third-order valence-corrected chi connectivity index (χ3v) is 7.83. The highest BCUT2D eigenvalue weighted by Crippen LogP contribution is 2.66. The van der Waals surface area contributed by atoms with Gasteiger partial charge in [-0.25, -0.2) is 0 Å². The molecular formula is C25H27N. The average Bonchev–Trinajstić information content (AvgIpc) is 3.06. The van der Waals surface area contributed by atoms with E-state index in [1.54, 1.807) is 5.56 Å². The smallest absolute Gasteiger partial charge is 0.0456 e. The predicted molar refractivity (Wildman–Crippen MR) is 108 cm³/mol. The fourth-order valence-electron chi connectivity index (χ4n) is 7.18. The van der Waals surface area contributed by atoms with Gasteiger partial charge in [0.1, 0.15) is 0 Å². The lowest BCUT2D eigenvalue weighted by Gasteiger charge is -2.62. The summed E-state index contributed by atoms with van der Waals surface area (Å²) < 4.78 is 0. The molecule has 1 heteroatoms. The molecule has 4 fully saturated rings. The molecule has 2 atom stereocenters. The van der Waals surface area contributed by atoms with Gasteiger partial charge in [0, 0.05) is 16.6 Å². The van der Waals surface area contributed by atoms with Crippen LogP contribution in [-0.4, -0.2) is 4.98 Å². The van der Waals surface area contributed by atoms with Gasteiger partial charge in [-0.1, -0.05) is 48.0 Å². The number of fused-ring (bicyclic) bond motifs is 1. The standard InChI is InChI=1S/C25H27N/c1-17-6-8-21(9-7-17)24-12-18-10-19(13-24)15-25(14-18,16-24)23-11-20-4-2-3-5-22(20)26-23/h2-9,11,18-19,26H,10,12-16H2,1H3. The molecule has 1 aromatic heterocycles. The van der Waals surface area contributed by atoms with E-state index in [-0.39, 0.29) is 0 Å². The Hall–Kier alpha value is -2.02. The molecular weight excluding hydrogens is 314 g/mol. The first-order valence-corrected chi connectivity index (χ1v) is 10.3. The number of H-pyrrole nitrogens is 1. The SMILES string of the molecule is Cc1ccc(C23CC4CC(C2)CC(c2cc5ccccc5[nH]2)(C4)C3)cc1.